The topological polar surface area (TPSA) is 68.5 Å². The van der Waals surface area contributed by atoms with Gasteiger partial charge >= 0.3 is 0 Å². The highest BCUT2D eigenvalue weighted by atomic mass is 19.1. The second kappa shape index (κ2) is 7.36. The van der Waals surface area contributed by atoms with Gasteiger partial charge in [-0.25, -0.2) is 24.0 Å². The molecule has 0 amide bonds. The highest BCUT2D eigenvalue weighted by Gasteiger charge is 2.09. The van der Waals surface area contributed by atoms with Gasteiger partial charge in [0.15, 0.2) is 0 Å². The van der Waals surface area contributed by atoms with E-state index in [2.05, 4.69) is 25.4 Å². The maximum Gasteiger partial charge on any atom is 0.227 e. The van der Waals surface area contributed by atoms with Crippen molar-refractivity contribution in [3.05, 3.63) is 90.9 Å². The highest BCUT2D eigenvalue weighted by molar-refractivity contribution is 5.93. The normalized spacial score (nSPS) is 11.0. The van der Waals surface area contributed by atoms with Crippen LogP contribution in [0.15, 0.2) is 79.3 Å². The minimum atomic E-state index is -0.278. The van der Waals surface area contributed by atoms with Crippen LogP contribution in [0.3, 0.4) is 0 Å². The Bertz CT molecular complexity index is 1340. The van der Waals surface area contributed by atoms with Crippen molar-refractivity contribution in [3.8, 4) is 16.8 Å². The first-order valence-electron chi connectivity index (χ1n) is 9.43. The van der Waals surface area contributed by atoms with Crippen molar-refractivity contribution >= 4 is 22.5 Å². The predicted octanol–water partition coefficient (Wildman–Crippen LogP) is 5.07. The van der Waals surface area contributed by atoms with E-state index in [4.69, 9.17) is 0 Å². The zero-order valence-corrected chi connectivity index (χ0v) is 16.1. The number of aryl methyl sites for hydroxylation is 1. The first kappa shape index (κ1) is 17.9. The molecule has 0 saturated carbocycles. The summed E-state index contributed by atoms with van der Waals surface area (Å²) in [7, 11) is 0. The lowest BCUT2D eigenvalue weighted by atomic mass is 10.0. The van der Waals surface area contributed by atoms with Gasteiger partial charge in [0.1, 0.15) is 18.0 Å². The lowest BCUT2D eigenvalue weighted by molar-refractivity contribution is 0.628. The molecule has 0 fully saturated rings. The zero-order chi connectivity index (χ0) is 20.5. The fraction of sp³-hybridized carbons (Fsp3) is 0.0435. The van der Waals surface area contributed by atoms with Crippen molar-refractivity contribution in [2.24, 2.45) is 0 Å². The van der Waals surface area contributed by atoms with Crippen LogP contribution in [0, 0.1) is 12.7 Å². The summed E-state index contributed by atoms with van der Waals surface area (Å²) < 4.78 is 15.4. The molecule has 0 aliphatic carbocycles. The molecule has 0 atom stereocenters. The van der Waals surface area contributed by atoms with Crippen molar-refractivity contribution in [1.29, 1.82) is 0 Å². The molecule has 30 heavy (non-hydrogen) atoms. The van der Waals surface area contributed by atoms with Gasteiger partial charge in [-0.1, -0.05) is 30.3 Å². The third kappa shape index (κ3) is 3.48. The first-order chi connectivity index (χ1) is 14.7. The van der Waals surface area contributed by atoms with E-state index in [9.17, 15) is 4.39 Å². The van der Waals surface area contributed by atoms with Gasteiger partial charge in [0.2, 0.25) is 5.95 Å². The predicted molar refractivity (Wildman–Crippen MR) is 114 cm³/mol. The van der Waals surface area contributed by atoms with E-state index in [0.29, 0.717) is 5.95 Å². The number of hydrogen-bond acceptors (Lipinski definition) is 5. The molecule has 0 aliphatic rings. The number of benzene rings is 3. The van der Waals surface area contributed by atoms with Crippen LogP contribution in [0.25, 0.3) is 27.7 Å². The molecule has 0 saturated heterocycles. The molecule has 2 aromatic heterocycles. The monoisotopic (exact) mass is 396 g/mol. The minimum Gasteiger partial charge on any atom is -0.324 e. The summed E-state index contributed by atoms with van der Waals surface area (Å²) in [6, 6.07) is 20.0. The van der Waals surface area contributed by atoms with Gasteiger partial charge in [0.25, 0.3) is 0 Å². The highest BCUT2D eigenvalue weighted by Crippen LogP contribution is 2.28. The van der Waals surface area contributed by atoms with E-state index in [0.717, 1.165) is 39.2 Å². The molecule has 5 aromatic rings. The molecule has 2 heterocycles. The third-order valence-corrected chi connectivity index (χ3v) is 4.74. The van der Waals surface area contributed by atoms with Crippen molar-refractivity contribution < 1.29 is 4.39 Å². The minimum absolute atomic E-state index is 0.278. The van der Waals surface area contributed by atoms with Crippen LogP contribution >= 0.6 is 0 Å². The molecule has 146 valence electrons. The lowest BCUT2D eigenvalue weighted by Gasteiger charge is -2.10. The quantitative estimate of drug-likeness (QED) is 0.459. The van der Waals surface area contributed by atoms with Gasteiger partial charge in [-0.05, 0) is 48.9 Å². The standard InChI is InChI=1S/C23H17FN6/c1-15-26-14-30(29-15)20-10-8-19(9-11-20)27-23-25-13-17-5-3-7-21(22(17)28-23)16-4-2-6-18(24)12-16/h2-14H,1H3,(H,25,27,28). The molecular weight excluding hydrogens is 379 g/mol. The van der Waals surface area contributed by atoms with Gasteiger partial charge in [-0.15, -0.1) is 0 Å². The maximum absolute atomic E-state index is 13.7. The van der Waals surface area contributed by atoms with E-state index in [1.807, 2.05) is 55.5 Å². The second-order valence-corrected chi connectivity index (χ2v) is 6.86. The van der Waals surface area contributed by atoms with Crippen LogP contribution in [0.5, 0.6) is 0 Å². The summed E-state index contributed by atoms with van der Waals surface area (Å²) in [5.41, 5.74) is 4.15. The zero-order valence-electron chi connectivity index (χ0n) is 16.1. The number of fused-ring (bicyclic) bond motifs is 1. The Balaban J connectivity index is 1.47. The molecule has 5 rings (SSSR count). The largest absolute Gasteiger partial charge is 0.324 e. The summed E-state index contributed by atoms with van der Waals surface area (Å²) in [5.74, 6) is 0.908. The molecule has 0 bridgehead atoms. The summed E-state index contributed by atoms with van der Waals surface area (Å²) in [4.78, 5) is 13.2. The molecule has 3 aromatic carbocycles. The average Bonchev–Trinajstić information content (AvgIpc) is 3.20. The van der Waals surface area contributed by atoms with E-state index in [1.54, 1.807) is 23.3 Å². The number of halogens is 1. The van der Waals surface area contributed by atoms with E-state index in [-0.39, 0.29) is 5.82 Å². The van der Waals surface area contributed by atoms with Crippen LogP contribution in [0.1, 0.15) is 5.82 Å². The van der Waals surface area contributed by atoms with Gasteiger partial charge < -0.3 is 5.32 Å². The summed E-state index contributed by atoms with van der Waals surface area (Å²) in [5, 5.41) is 8.42. The summed E-state index contributed by atoms with van der Waals surface area (Å²) >= 11 is 0. The Morgan fingerprint density at radius 3 is 2.53 bits per heavy atom. The Morgan fingerprint density at radius 1 is 0.933 bits per heavy atom. The number of para-hydroxylation sites is 1. The van der Waals surface area contributed by atoms with Crippen LogP contribution in [0.4, 0.5) is 16.0 Å². The van der Waals surface area contributed by atoms with Crippen molar-refractivity contribution in [3.63, 3.8) is 0 Å². The number of anilines is 2. The molecule has 0 unspecified atom stereocenters. The molecule has 1 N–H and O–H groups in total. The van der Waals surface area contributed by atoms with Gasteiger partial charge in [-0.3, -0.25) is 0 Å². The number of nitrogens with zero attached hydrogens (tertiary/aromatic N) is 5. The second-order valence-electron chi connectivity index (χ2n) is 6.86. The number of rotatable bonds is 4. The van der Waals surface area contributed by atoms with Crippen molar-refractivity contribution in [2.45, 2.75) is 6.92 Å². The van der Waals surface area contributed by atoms with Gasteiger partial charge in [0.05, 0.1) is 11.2 Å². The lowest BCUT2D eigenvalue weighted by Crippen LogP contribution is -1.99. The van der Waals surface area contributed by atoms with Crippen LogP contribution in [0.2, 0.25) is 0 Å². The molecule has 6 nitrogen and oxygen atoms in total. The Morgan fingerprint density at radius 2 is 1.77 bits per heavy atom. The Kier molecular flexibility index (Phi) is 4.40. The first-order valence-corrected chi connectivity index (χ1v) is 9.43. The summed E-state index contributed by atoms with van der Waals surface area (Å²) in [6.07, 6.45) is 3.44. The van der Waals surface area contributed by atoms with Gasteiger partial charge in [-0.2, -0.15) is 5.10 Å². The smallest absolute Gasteiger partial charge is 0.227 e. The maximum atomic E-state index is 13.7. The van der Waals surface area contributed by atoms with E-state index < -0.39 is 0 Å². The fourth-order valence-electron chi connectivity index (χ4n) is 3.30. The fourth-order valence-corrected chi connectivity index (χ4v) is 3.30. The Hall–Kier alpha value is -4.13. The number of nitrogens with one attached hydrogen (secondary N) is 1. The van der Waals surface area contributed by atoms with E-state index >= 15 is 0 Å². The average molecular weight is 396 g/mol. The SMILES string of the molecule is Cc1ncn(-c2ccc(Nc3ncc4cccc(-c5cccc(F)c5)c4n3)cc2)n1. The van der Waals surface area contributed by atoms with Crippen molar-refractivity contribution in [2.75, 3.05) is 5.32 Å². The molecule has 0 radical (unpaired) electrons. The molecule has 0 aliphatic heterocycles. The van der Waals surface area contributed by atoms with Crippen molar-refractivity contribution in [1.82, 2.24) is 24.7 Å². The molecule has 7 heteroatoms. The third-order valence-electron chi connectivity index (χ3n) is 4.74. The number of aromatic nitrogens is 5. The van der Waals surface area contributed by atoms with Crippen LogP contribution in [-0.2, 0) is 0 Å². The molecular formula is C23H17FN6. The molecule has 0 spiro atoms. The van der Waals surface area contributed by atoms with E-state index in [1.165, 1.54) is 12.1 Å². The van der Waals surface area contributed by atoms with Gasteiger partial charge in [0, 0.05) is 22.8 Å². The Labute approximate surface area is 172 Å². The summed E-state index contributed by atoms with van der Waals surface area (Å²) in [6.45, 7) is 1.85. The van der Waals surface area contributed by atoms with Crippen LogP contribution in [-0.4, -0.2) is 24.7 Å². The number of hydrogen-bond donors (Lipinski definition) is 1. The van der Waals surface area contributed by atoms with Crippen LogP contribution < -0.4 is 5.32 Å².